The second-order valence-electron chi connectivity index (χ2n) is 6.91. The number of rotatable bonds is 13. The lowest BCUT2D eigenvalue weighted by molar-refractivity contribution is -0.249. The summed E-state index contributed by atoms with van der Waals surface area (Å²) < 4.78 is 23.1. The first-order chi connectivity index (χ1) is 14.5. The maximum atomic E-state index is 6.16. The molecule has 1 N–H and O–H groups in total. The van der Waals surface area contributed by atoms with Crippen LogP contribution < -0.4 is 14.8 Å². The fraction of sp³-hybridized carbons (Fsp3) is 0.522. The highest BCUT2D eigenvalue weighted by atomic mass is 16.7. The lowest BCUT2D eigenvalue weighted by atomic mass is 10.1. The molecule has 0 radical (unpaired) electrons. The lowest BCUT2D eigenvalue weighted by Crippen LogP contribution is -2.44. The molecule has 2 rings (SSSR count). The Balaban J connectivity index is 2.26. The smallest absolute Gasteiger partial charge is 0.208 e. The van der Waals surface area contributed by atoms with Gasteiger partial charge < -0.3 is 29.2 Å². The van der Waals surface area contributed by atoms with Gasteiger partial charge in [-0.1, -0.05) is 6.92 Å². The largest absolute Gasteiger partial charge is 0.497 e. The standard InChI is InChI=1S/C23H35N3O4/c1-7-26(4)17-23(29-8-2,30-9-3)19-12-13-24-22(14-19)25-16-18-10-11-20(27-5)15-21(18)28-6/h10-15H,7-9,16-17H2,1-6H3,(H,24,25). The molecule has 0 spiro atoms. The van der Waals surface area contributed by atoms with Gasteiger partial charge in [-0.25, -0.2) is 4.98 Å². The van der Waals surface area contributed by atoms with Crippen LogP contribution in [0.4, 0.5) is 5.82 Å². The Labute approximate surface area is 180 Å². The van der Waals surface area contributed by atoms with Crippen molar-refractivity contribution in [2.45, 2.75) is 33.1 Å². The van der Waals surface area contributed by atoms with Gasteiger partial charge in [0.2, 0.25) is 5.79 Å². The lowest BCUT2D eigenvalue weighted by Gasteiger charge is -2.36. The van der Waals surface area contributed by atoms with Crippen LogP contribution in [0.5, 0.6) is 11.5 Å². The molecule has 7 heteroatoms. The average Bonchev–Trinajstić information content (AvgIpc) is 2.77. The number of methoxy groups -OCH3 is 2. The first-order valence-electron chi connectivity index (χ1n) is 10.4. The third kappa shape index (κ3) is 6.08. The fourth-order valence-corrected chi connectivity index (χ4v) is 3.27. The number of aromatic nitrogens is 1. The Hall–Kier alpha value is -2.35. The van der Waals surface area contributed by atoms with Gasteiger partial charge in [0, 0.05) is 43.1 Å². The predicted octanol–water partition coefficient (Wildman–Crippen LogP) is 3.89. The van der Waals surface area contributed by atoms with E-state index >= 15 is 0 Å². The van der Waals surface area contributed by atoms with E-state index in [1.807, 2.05) is 44.2 Å². The minimum atomic E-state index is -0.842. The molecule has 2 aromatic rings. The molecule has 1 aromatic carbocycles. The summed E-state index contributed by atoms with van der Waals surface area (Å²) in [6.45, 7) is 9.26. The second kappa shape index (κ2) is 11.7. The van der Waals surface area contributed by atoms with E-state index in [1.54, 1.807) is 20.4 Å². The highest BCUT2D eigenvalue weighted by Gasteiger charge is 2.35. The maximum absolute atomic E-state index is 6.16. The van der Waals surface area contributed by atoms with Crippen molar-refractivity contribution in [2.24, 2.45) is 0 Å². The number of nitrogens with zero attached hydrogens (tertiary/aromatic N) is 2. The molecule has 0 amide bonds. The van der Waals surface area contributed by atoms with Crippen molar-refractivity contribution in [3.63, 3.8) is 0 Å². The van der Waals surface area contributed by atoms with E-state index < -0.39 is 5.79 Å². The third-order valence-electron chi connectivity index (χ3n) is 4.93. The summed E-state index contributed by atoms with van der Waals surface area (Å²) in [7, 11) is 5.35. The van der Waals surface area contributed by atoms with Gasteiger partial charge in [0.15, 0.2) is 0 Å². The molecular weight excluding hydrogens is 382 g/mol. The molecule has 0 saturated carbocycles. The number of pyridine rings is 1. The molecule has 7 nitrogen and oxygen atoms in total. The van der Waals surface area contributed by atoms with Gasteiger partial charge in [-0.3, -0.25) is 0 Å². The maximum Gasteiger partial charge on any atom is 0.208 e. The van der Waals surface area contributed by atoms with Crippen molar-refractivity contribution < 1.29 is 18.9 Å². The summed E-state index contributed by atoms with van der Waals surface area (Å²) in [6.07, 6.45) is 1.78. The molecular formula is C23H35N3O4. The summed E-state index contributed by atoms with van der Waals surface area (Å²) in [4.78, 5) is 6.66. The molecule has 166 valence electrons. The molecule has 0 aliphatic carbocycles. The molecule has 0 fully saturated rings. The SMILES string of the molecule is CCOC(CN(C)CC)(OCC)c1ccnc(NCc2ccc(OC)cc2OC)c1. The van der Waals surface area contributed by atoms with E-state index in [4.69, 9.17) is 18.9 Å². The van der Waals surface area contributed by atoms with Crippen molar-refractivity contribution >= 4 is 5.82 Å². The van der Waals surface area contributed by atoms with Gasteiger partial charge in [-0.15, -0.1) is 0 Å². The van der Waals surface area contributed by atoms with E-state index in [0.29, 0.717) is 26.3 Å². The molecule has 1 aromatic heterocycles. The molecule has 1 heterocycles. The zero-order valence-corrected chi connectivity index (χ0v) is 19.0. The van der Waals surface area contributed by atoms with Gasteiger partial charge >= 0.3 is 0 Å². The first-order valence-corrected chi connectivity index (χ1v) is 10.4. The molecule has 30 heavy (non-hydrogen) atoms. The van der Waals surface area contributed by atoms with Crippen molar-refractivity contribution in [1.82, 2.24) is 9.88 Å². The zero-order valence-electron chi connectivity index (χ0n) is 19.0. The van der Waals surface area contributed by atoms with Gasteiger partial charge in [-0.05, 0) is 51.7 Å². The predicted molar refractivity (Wildman–Crippen MR) is 119 cm³/mol. The number of hydrogen-bond donors (Lipinski definition) is 1. The van der Waals surface area contributed by atoms with E-state index in [-0.39, 0.29) is 0 Å². The highest BCUT2D eigenvalue weighted by molar-refractivity contribution is 5.45. The van der Waals surface area contributed by atoms with Crippen LogP contribution in [-0.2, 0) is 21.8 Å². The summed E-state index contributed by atoms with van der Waals surface area (Å²) in [5.41, 5.74) is 1.95. The molecule has 0 unspecified atom stereocenters. The minimum absolute atomic E-state index is 0.547. The first kappa shape index (κ1) is 23.9. The van der Waals surface area contributed by atoms with Crippen LogP contribution in [0.25, 0.3) is 0 Å². The summed E-state index contributed by atoms with van der Waals surface area (Å²) >= 11 is 0. The van der Waals surface area contributed by atoms with Crippen LogP contribution in [0.1, 0.15) is 31.9 Å². The van der Waals surface area contributed by atoms with E-state index in [9.17, 15) is 0 Å². The minimum Gasteiger partial charge on any atom is -0.497 e. The monoisotopic (exact) mass is 417 g/mol. The van der Waals surface area contributed by atoms with Crippen molar-refractivity contribution in [3.8, 4) is 11.5 Å². The summed E-state index contributed by atoms with van der Waals surface area (Å²) in [5.74, 6) is 1.42. The van der Waals surface area contributed by atoms with Gasteiger partial charge in [-0.2, -0.15) is 0 Å². The van der Waals surface area contributed by atoms with E-state index in [1.165, 1.54) is 0 Å². The number of benzene rings is 1. The number of likely N-dealkylation sites (N-methyl/N-ethyl adjacent to an activating group) is 1. The van der Waals surface area contributed by atoms with Crippen molar-refractivity contribution in [1.29, 1.82) is 0 Å². The highest BCUT2D eigenvalue weighted by Crippen LogP contribution is 2.30. The van der Waals surface area contributed by atoms with Gasteiger partial charge in [0.1, 0.15) is 17.3 Å². The van der Waals surface area contributed by atoms with Crippen LogP contribution in [0.3, 0.4) is 0 Å². The van der Waals surface area contributed by atoms with Gasteiger partial charge in [0.05, 0.1) is 20.8 Å². The molecule has 0 bridgehead atoms. The molecule has 0 atom stereocenters. The quantitative estimate of drug-likeness (QED) is 0.496. The third-order valence-corrected chi connectivity index (χ3v) is 4.93. The summed E-state index contributed by atoms with van der Waals surface area (Å²) in [6, 6.07) is 9.71. The van der Waals surface area contributed by atoms with Crippen molar-refractivity contribution in [2.75, 3.05) is 52.9 Å². The van der Waals surface area contributed by atoms with Crippen LogP contribution >= 0.6 is 0 Å². The Morgan fingerprint density at radius 2 is 1.73 bits per heavy atom. The topological polar surface area (TPSA) is 65.1 Å². The Bertz CT molecular complexity index is 779. The molecule has 0 aliphatic heterocycles. The van der Waals surface area contributed by atoms with Crippen molar-refractivity contribution in [3.05, 3.63) is 47.7 Å². The zero-order chi connectivity index (χ0) is 22.0. The Morgan fingerprint density at radius 1 is 1.00 bits per heavy atom. The van der Waals surface area contributed by atoms with Gasteiger partial charge in [0.25, 0.3) is 0 Å². The average molecular weight is 418 g/mol. The number of hydrogen-bond acceptors (Lipinski definition) is 7. The van der Waals surface area contributed by atoms with Crippen LogP contribution in [0, 0.1) is 0 Å². The number of ether oxygens (including phenoxy) is 4. The Kier molecular flexibility index (Phi) is 9.36. The van der Waals surface area contributed by atoms with E-state index in [0.717, 1.165) is 35.0 Å². The normalized spacial score (nSPS) is 11.6. The molecule has 0 aliphatic rings. The second-order valence-corrected chi connectivity index (χ2v) is 6.91. The van der Waals surface area contributed by atoms with Crippen LogP contribution in [-0.4, -0.2) is 57.5 Å². The van der Waals surface area contributed by atoms with Crippen LogP contribution in [0.15, 0.2) is 36.5 Å². The number of nitrogens with one attached hydrogen (secondary N) is 1. The molecule has 0 saturated heterocycles. The van der Waals surface area contributed by atoms with E-state index in [2.05, 4.69) is 29.2 Å². The number of anilines is 1. The van der Waals surface area contributed by atoms with Crippen LogP contribution in [0.2, 0.25) is 0 Å². The fourth-order valence-electron chi connectivity index (χ4n) is 3.27. The summed E-state index contributed by atoms with van der Waals surface area (Å²) in [5, 5.41) is 3.38. The Morgan fingerprint density at radius 3 is 2.33 bits per heavy atom.